The molecule has 1 amide bonds. The van der Waals surface area contributed by atoms with Gasteiger partial charge < -0.3 is 10.2 Å². The number of amides is 1. The van der Waals surface area contributed by atoms with E-state index >= 15 is 0 Å². The van der Waals surface area contributed by atoms with Gasteiger partial charge in [-0.2, -0.15) is 0 Å². The highest BCUT2D eigenvalue weighted by molar-refractivity contribution is 8.25. The van der Waals surface area contributed by atoms with Gasteiger partial charge in [-0.05, 0) is 61.5 Å². The predicted octanol–water partition coefficient (Wildman–Crippen LogP) is 4.26. The van der Waals surface area contributed by atoms with E-state index in [0.717, 1.165) is 54.9 Å². The third-order valence-corrected chi connectivity index (χ3v) is 7.88. The van der Waals surface area contributed by atoms with Crippen LogP contribution in [0.25, 0.3) is 0 Å². The zero-order valence-electron chi connectivity index (χ0n) is 17.0. The van der Waals surface area contributed by atoms with Gasteiger partial charge >= 0.3 is 0 Å². The number of carbonyl (C=O) groups excluding carboxylic acids is 1. The van der Waals surface area contributed by atoms with E-state index in [-0.39, 0.29) is 17.7 Å². The predicted molar refractivity (Wildman–Crippen MR) is 121 cm³/mol. The fourth-order valence-electron chi connectivity index (χ4n) is 4.75. The summed E-state index contributed by atoms with van der Waals surface area (Å²) in [5.41, 5.74) is 3.25. The van der Waals surface area contributed by atoms with E-state index < -0.39 is 16.2 Å². The van der Waals surface area contributed by atoms with E-state index in [1.807, 2.05) is 36.4 Å². The van der Waals surface area contributed by atoms with Crippen molar-refractivity contribution in [3.05, 3.63) is 65.2 Å². The molecule has 160 valence electrons. The number of nitrogens with one attached hydrogen (secondary N) is 2. The van der Waals surface area contributed by atoms with E-state index in [1.54, 1.807) is 0 Å². The van der Waals surface area contributed by atoms with Crippen LogP contribution in [0.4, 0.5) is 5.69 Å². The van der Waals surface area contributed by atoms with Crippen molar-refractivity contribution in [2.45, 2.75) is 42.9 Å². The van der Waals surface area contributed by atoms with Crippen LogP contribution in [0.15, 0.2) is 48.5 Å². The first-order chi connectivity index (χ1) is 14.5. The molecule has 6 nitrogen and oxygen atoms in total. The molecule has 2 heterocycles. The normalized spacial score (nSPS) is 23.3. The number of anilines is 1. The Morgan fingerprint density at radius 2 is 1.87 bits per heavy atom. The van der Waals surface area contributed by atoms with Gasteiger partial charge in [-0.3, -0.25) is 18.6 Å². The van der Waals surface area contributed by atoms with Crippen molar-refractivity contribution in [2.24, 2.45) is 0 Å². The second-order valence-electron chi connectivity index (χ2n) is 8.81. The van der Waals surface area contributed by atoms with Crippen LogP contribution in [0.3, 0.4) is 0 Å². The third-order valence-electron chi connectivity index (χ3n) is 6.62. The van der Waals surface area contributed by atoms with Crippen LogP contribution < -0.4 is 10.0 Å². The van der Waals surface area contributed by atoms with Crippen LogP contribution >= 0.6 is 10.8 Å². The molecule has 0 bridgehead atoms. The van der Waals surface area contributed by atoms with Crippen LogP contribution in [-0.4, -0.2) is 39.5 Å². The Kier molecular flexibility index (Phi) is 5.01. The van der Waals surface area contributed by atoms with Crippen molar-refractivity contribution >= 4 is 22.4 Å². The van der Waals surface area contributed by atoms with Crippen molar-refractivity contribution < 1.29 is 13.9 Å². The summed E-state index contributed by atoms with van der Waals surface area (Å²) >= 11 is 0. The second kappa shape index (κ2) is 7.57. The molecule has 1 aliphatic carbocycles. The highest BCUT2D eigenvalue weighted by Crippen LogP contribution is 2.54. The zero-order chi connectivity index (χ0) is 20.8. The molecule has 1 unspecified atom stereocenters. The largest absolute Gasteiger partial charge is 0.347 e. The lowest BCUT2D eigenvalue weighted by atomic mass is 9.92. The zero-order valence-corrected chi connectivity index (χ0v) is 17.8. The van der Waals surface area contributed by atoms with E-state index in [2.05, 4.69) is 27.1 Å². The lowest BCUT2D eigenvalue weighted by molar-refractivity contribution is -0.124. The standard InChI is InChI=1S/C23H29N3O3S/c27-22(24-21(15-26-12-4-5-13-26)17-6-2-1-3-7-17)23(10-11-23)19-8-9-20-18(14-19)16-30(28,29)25-20/h1-3,6-9,14,21,25,28-29H,4-5,10-13,15-16H2,(H,24,27). The highest BCUT2D eigenvalue weighted by atomic mass is 32.3. The van der Waals surface area contributed by atoms with E-state index in [1.165, 1.54) is 12.8 Å². The molecular formula is C23H29N3O3S. The summed E-state index contributed by atoms with van der Waals surface area (Å²) < 4.78 is 22.7. The molecule has 2 aromatic rings. The molecule has 4 N–H and O–H groups in total. The fraction of sp³-hybridized carbons (Fsp3) is 0.435. The van der Waals surface area contributed by atoms with Crippen molar-refractivity contribution in [3.8, 4) is 0 Å². The first-order valence-corrected chi connectivity index (χ1v) is 12.4. The van der Waals surface area contributed by atoms with Gasteiger partial charge in [0.1, 0.15) is 0 Å². The summed E-state index contributed by atoms with van der Waals surface area (Å²) in [5.74, 6) is 0.281. The Labute approximate surface area is 179 Å². The molecule has 2 aromatic carbocycles. The molecule has 0 radical (unpaired) electrons. The Bertz CT molecular complexity index is 940. The van der Waals surface area contributed by atoms with Gasteiger partial charge in [-0.15, -0.1) is 10.8 Å². The molecule has 1 saturated heterocycles. The summed E-state index contributed by atoms with van der Waals surface area (Å²) in [6, 6.07) is 16.0. The average molecular weight is 428 g/mol. The quantitative estimate of drug-likeness (QED) is 0.553. The Hall–Kier alpha value is -2.06. The molecule has 1 atom stereocenters. The van der Waals surface area contributed by atoms with Crippen molar-refractivity contribution in [2.75, 3.05) is 24.4 Å². The maximum Gasteiger partial charge on any atom is 0.231 e. The fourth-order valence-corrected chi connectivity index (χ4v) is 6.05. The number of carbonyl (C=O) groups is 1. The lowest BCUT2D eigenvalue weighted by Gasteiger charge is -2.27. The molecular weight excluding hydrogens is 398 g/mol. The van der Waals surface area contributed by atoms with Crippen LogP contribution in [0.5, 0.6) is 0 Å². The molecule has 7 heteroatoms. The Morgan fingerprint density at radius 1 is 1.13 bits per heavy atom. The van der Waals surface area contributed by atoms with Crippen molar-refractivity contribution in [3.63, 3.8) is 0 Å². The molecule has 30 heavy (non-hydrogen) atoms. The number of benzene rings is 2. The minimum absolute atomic E-state index is 0.0302. The monoisotopic (exact) mass is 427 g/mol. The highest BCUT2D eigenvalue weighted by Gasteiger charge is 2.52. The molecule has 5 rings (SSSR count). The van der Waals surface area contributed by atoms with Crippen LogP contribution in [0, 0.1) is 0 Å². The van der Waals surface area contributed by atoms with Gasteiger partial charge in [0, 0.05) is 6.54 Å². The lowest BCUT2D eigenvalue weighted by Crippen LogP contribution is -2.41. The number of rotatable bonds is 6. The summed E-state index contributed by atoms with van der Waals surface area (Å²) in [7, 11) is -2.79. The molecule has 3 aliphatic rings. The SMILES string of the molecule is O=C(NC(CN1CCCC1)c1ccccc1)C1(c2ccc3c(c2)CS(O)(O)N3)CC1. The first-order valence-electron chi connectivity index (χ1n) is 10.7. The van der Waals surface area contributed by atoms with E-state index in [9.17, 15) is 13.9 Å². The minimum Gasteiger partial charge on any atom is -0.347 e. The molecule has 1 saturated carbocycles. The average Bonchev–Trinajstić information content (AvgIpc) is 3.26. The number of fused-ring (bicyclic) bond motifs is 1. The van der Waals surface area contributed by atoms with Crippen LogP contribution in [-0.2, 0) is 16.0 Å². The molecule has 2 fully saturated rings. The smallest absolute Gasteiger partial charge is 0.231 e. The van der Waals surface area contributed by atoms with Crippen molar-refractivity contribution in [1.29, 1.82) is 0 Å². The van der Waals surface area contributed by atoms with Gasteiger partial charge in [0.2, 0.25) is 5.91 Å². The number of hydrogen-bond donors (Lipinski definition) is 4. The number of nitrogens with zero attached hydrogens (tertiary/aromatic N) is 1. The number of hydrogen-bond acceptors (Lipinski definition) is 5. The van der Waals surface area contributed by atoms with Gasteiger partial charge in [0.25, 0.3) is 0 Å². The topological polar surface area (TPSA) is 84.8 Å². The summed E-state index contributed by atoms with van der Waals surface area (Å²) in [6.45, 7) is 3.02. The minimum atomic E-state index is -2.79. The second-order valence-corrected chi connectivity index (χ2v) is 10.6. The van der Waals surface area contributed by atoms with Gasteiger partial charge in [-0.1, -0.05) is 42.5 Å². The molecule has 2 aliphatic heterocycles. The van der Waals surface area contributed by atoms with Crippen LogP contribution in [0.2, 0.25) is 0 Å². The maximum absolute atomic E-state index is 13.5. The number of likely N-dealkylation sites (tertiary alicyclic amines) is 1. The summed E-state index contributed by atoms with van der Waals surface area (Å²) in [5, 5.41) is 3.36. The summed E-state index contributed by atoms with van der Waals surface area (Å²) in [6.07, 6.45) is 4.10. The first kappa shape index (κ1) is 19.9. The molecule has 0 spiro atoms. The van der Waals surface area contributed by atoms with Gasteiger partial charge in [-0.25, -0.2) is 0 Å². The molecule has 0 aromatic heterocycles. The van der Waals surface area contributed by atoms with Crippen LogP contribution in [0.1, 0.15) is 48.4 Å². The third kappa shape index (κ3) is 3.83. The Morgan fingerprint density at radius 3 is 2.57 bits per heavy atom. The van der Waals surface area contributed by atoms with E-state index in [4.69, 9.17) is 0 Å². The van der Waals surface area contributed by atoms with Gasteiger partial charge in [0.15, 0.2) is 0 Å². The summed E-state index contributed by atoms with van der Waals surface area (Å²) in [4.78, 5) is 15.9. The van der Waals surface area contributed by atoms with Gasteiger partial charge in [0.05, 0.1) is 22.9 Å². The Balaban J connectivity index is 1.36. The maximum atomic E-state index is 13.5. The van der Waals surface area contributed by atoms with Crippen molar-refractivity contribution in [1.82, 2.24) is 10.2 Å². The van der Waals surface area contributed by atoms with E-state index in [0.29, 0.717) is 0 Å².